The van der Waals surface area contributed by atoms with Crippen LogP contribution in [-0.4, -0.2) is 15.0 Å². The Bertz CT molecular complexity index is 3260. The molecule has 0 aliphatic rings. The average Bonchev–Trinajstić information content (AvgIpc) is 3.68. The van der Waals surface area contributed by atoms with Crippen LogP contribution < -0.4 is 0 Å². The molecule has 57 heavy (non-hydrogen) atoms. The molecule has 0 unspecified atom stereocenters. The van der Waals surface area contributed by atoms with Crippen molar-refractivity contribution in [3.8, 4) is 67.4 Å². The first-order valence-electron chi connectivity index (χ1n) is 19.2. The van der Waals surface area contributed by atoms with Crippen LogP contribution in [0.5, 0.6) is 0 Å². The molecule has 11 aromatic rings. The van der Waals surface area contributed by atoms with Gasteiger partial charge in [-0.2, -0.15) is 0 Å². The molecule has 0 radical (unpaired) electrons. The van der Waals surface area contributed by atoms with Crippen molar-refractivity contribution in [2.75, 3.05) is 0 Å². The van der Waals surface area contributed by atoms with Crippen molar-refractivity contribution < 1.29 is 4.42 Å². The van der Waals surface area contributed by atoms with Crippen LogP contribution in [0.3, 0.4) is 0 Å². The lowest BCUT2D eigenvalue weighted by Crippen LogP contribution is -1.96. The average molecular weight is 728 g/mol. The molecule has 0 bridgehead atoms. The number of furan rings is 1. The Morgan fingerprint density at radius 1 is 0.333 bits per heavy atom. The number of benzene rings is 8. The zero-order valence-corrected chi connectivity index (χ0v) is 30.8. The van der Waals surface area contributed by atoms with E-state index >= 15 is 0 Å². The van der Waals surface area contributed by atoms with Gasteiger partial charge in [-0.3, -0.25) is 0 Å². The molecule has 3 aromatic heterocycles. The standard InChI is InChI=1S/C53H33N3O/c1-3-13-38(14-4-1)51-44-19-8-7-18-43(44)50-40(20-12-23-46(50)54-51)34-25-29-36(30-26-34)47-33-48(56-53(55-47)39-15-5-2-6-16-39)37-31-27-35(28-32-37)41-21-11-22-45-42-17-9-10-24-49(42)57-52(41)45/h1-33H. The molecule has 11 rings (SSSR count). The Hall–Kier alpha value is -7.69. The third-order valence-corrected chi connectivity index (χ3v) is 10.9. The molecule has 0 saturated heterocycles. The van der Waals surface area contributed by atoms with Crippen LogP contribution >= 0.6 is 0 Å². The van der Waals surface area contributed by atoms with E-state index in [1.165, 1.54) is 5.39 Å². The second kappa shape index (κ2) is 13.6. The van der Waals surface area contributed by atoms with Gasteiger partial charge in [0, 0.05) is 49.4 Å². The number of hydrogen-bond acceptors (Lipinski definition) is 4. The molecule has 0 aliphatic carbocycles. The first-order chi connectivity index (χ1) is 28.2. The van der Waals surface area contributed by atoms with Gasteiger partial charge in [0.1, 0.15) is 11.2 Å². The van der Waals surface area contributed by atoms with Crippen LogP contribution in [-0.2, 0) is 0 Å². The molecule has 0 aliphatic heterocycles. The van der Waals surface area contributed by atoms with Gasteiger partial charge in [-0.05, 0) is 40.3 Å². The summed E-state index contributed by atoms with van der Waals surface area (Å²) < 4.78 is 6.36. The second-order valence-electron chi connectivity index (χ2n) is 14.3. The maximum Gasteiger partial charge on any atom is 0.160 e. The maximum atomic E-state index is 6.36. The summed E-state index contributed by atoms with van der Waals surface area (Å²) in [5.74, 6) is 0.684. The van der Waals surface area contributed by atoms with Crippen LogP contribution in [0.2, 0.25) is 0 Å². The van der Waals surface area contributed by atoms with Gasteiger partial charge in [0.05, 0.1) is 22.6 Å². The van der Waals surface area contributed by atoms with Crippen LogP contribution in [0.4, 0.5) is 0 Å². The summed E-state index contributed by atoms with van der Waals surface area (Å²) in [5.41, 5.74) is 14.0. The SMILES string of the molecule is c1ccc(-c2nc(-c3ccc(-c4cccc5c4oc4ccccc45)cc3)cc(-c3ccc(-c4cccc5nc(-c6ccccc6)c6ccccc6c45)cc3)n2)cc1. The Kier molecular flexibility index (Phi) is 7.78. The van der Waals surface area contributed by atoms with E-state index in [9.17, 15) is 0 Å². The highest BCUT2D eigenvalue weighted by molar-refractivity contribution is 6.16. The van der Waals surface area contributed by atoms with Gasteiger partial charge < -0.3 is 4.42 Å². The van der Waals surface area contributed by atoms with E-state index in [4.69, 9.17) is 19.4 Å². The molecule has 0 atom stereocenters. The molecule has 0 spiro atoms. The maximum absolute atomic E-state index is 6.36. The van der Waals surface area contributed by atoms with Gasteiger partial charge in [-0.1, -0.05) is 182 Å². The van der Waals surface area contributed by atoms with Crippen molar-refractivity contribution >= 4 is 43.6 Å². The number of pyridine rings is 1. The summed E-state index contributed by atoms with van der Waals surface area (Å²) >= 11 is 0. The number of fused-ring (bicyclic) bond motifs is 6. The summed E-state index contributed by atoms with van der Waals surface area (Å²) in [5, 5.41) is 5.72. The largest absolute Gasteiger partial charge is 0.455 e. The van der Waals surface area contributed by atoms with Crippen molar-refractivity contribution in [1.82, 2.24) is 15.0 Å². The van der Waals surface area contributed by atoms with Crippen molar-refractivity contribution in [3.63, 3.8) is 0 Å². The fourth-order valence-corrected chi connectivity index (χ4v) is 8.14. The normalized spacial score (nSPS) is 11.5. The van der Waals surface area contributed by atoms with Gasteiger partial charge in [0.2, 0.25) is 0 Å². The van der Waals surface area contributed by atoms with Crippen LogP contribution in [0.25, 0.3) is 111 Å². The van der Waals surface area contributed by atoms with E-state index < -0.39 is 0 Å². The van der Waals surface area contributed by atoms with Crippen LogP contribution in [0.1, 0.15) is 0 Å². The zero-order chi connectivity index (χ0) is 37.7. The lowest BCUT2D eigenvalue weighted by atomic mass is 9.93. The topological polar surface area (TPSA) is 51.8 Å². The summed E-state index contributed by atoms with van der Waals surface area (Å²) in [4.78, 5) is 15.4. The molecule has 3 heterocycles. The number of aromatic nitrogens is 3. The molecule has 8 aromatic carbocycles. The molecule has 4 nitrogen and oxygen atoms in total. The Labute approximate surface area is 329 Å². The van der Waals surface area contributed by atoms with Gasteiger partial charge >= 0.3 is 0 Å². The predicted octanol–water partition coefficient (Wildman–Crippen LogP) is 14.1. The zero-order valence-electron chi connectivity index (χ0n) is 30.8. The highest BCUT2D eigenvalue weighted by Gasteiger charge is 2.16. The molecule has 0 N–H and O–H groups in total. The molecule has 0 saturated carbocycles. The van der Waals surface area contributed by atoms with Crippen molar-refractivity contribution in [2.24, 2.45) is 0 Å². The Balaban J connectivity index is 0.986. The molecular formula is C53H33N3O. The monoisotopic (exact) mass is 727 g/mol. The molecule has 4 heteroatoms. The van der Waals surface area contributed by atoms with E-state index in [-0.39, 0.29) is 0 Å². The fourth-order valence-electron chi connectivity index (χ4n) is 8.14. The van der Waals surface area contributed by atoms with Gasteiger partial charge in [-0.25, -0.2) is 15.0 Å². The van der Waals surface area contributed by atoms with Crippen LogP contribution in [0.15, 0.2) is 205 Å². The van der Waals surface area contributed by atoms with Gasteiger partial charge in [-0.15, -0.1) is 0 Å². The number of para-hydroxylation sites is 2. The summed E-state index contributed by atoms with van der Waals surface area (Å²) in [7, 11) is 0. The van der Waals surface area contributed by atoms with Gasteiger partial charge in [0.25, 0.3) is 0 Å². The van der Waals surface area contributed by atoms with Gasteiger partial charge in [0.15, 0.2) is 5.82 Å². The minimum atomic E-state index is 0.684. The fraction of sp³-hybridized carbons (Fsp3) is 0. The van der Waals surface area contributed by atoms with E-state index in [0.717, 1.165) is 99.8 Å². The minimum Gasteiger partial charge on any atom is -0.455 e. The minimum absolute atomic E-state index is 0.684. The van der Waals surface area contributed by atoms with Crippen LogP contribution in [0, 0.1) is 0 Å². The number of hydrogen-bond donors (Lipinski definition) is 0. The second-order valence-corrected chi connectivity index (χ2v) is 14.3. The van der Waals surface area contributed by atoms with E-state index in [1.807, 2.05) is 36.4 Å². The van der Waals surface area contributed by atoms with Crippen molar-refractivity contribution in [2.45, 2.75) is 0 Å². The quantitative estimate of drug-likeness (QED) is 0.160. The van der Waals surface area contributed by atoms with Crippen molar-refractivity contribution in [1.29, 1.82) is 0 Å². The third-order valence-electron chi connectivity index (χ3n) is 10.9. The molecule has 0 amide bonds. The summed E-state index contributed by atoms with van der Waals surface area (Å²) in [6, 6.07) is 69.6. The lowest BCUT2D eigenvalue weighted by molar-refractivity contribution is 0.670. The van der Waals surface area contributed by atoms with Crippen molar-refractivity contribution in [3.05, 3.63) is 200 Å². The number of nitrogens with zero attached hydrogens (tertiary/aromatic N) is 3. The highest BCUT2D eigenvalue weighted by Crippen LogP contribution is 2.39. The highest BCUT2D eigenvalue weighted by atomic mass is 16.3. The first kappa shape index (κ1) is 32.7. The van der Waals surface area contributed by atoms with E-state index in [0.29, 0.717) is 5.82 Å². The van der Waals surface area contributed by atoms with E-state index in [2.05, 4.69) is 164 Å². The van der Waals surface area contributed by atoms with E-state index in [1.54, 1.807) is 0 Å². The Morgan fingerprint density at radius 2 is 0.860 bits per heavy atom. The predicted molar refractivity (Wildman–Crippen MR) is 235 cm³/mol. The molecule has 0 fully saturated rings. The smallest absolute Gasteiger partial charge is 0.160 e. The summed E-state index contributed by atoms with van der Waals surface area (Å²) in [6.07, 6.45) is 0. The number of rotatable bonds is 6. The third kappa shape index (κ3) is 5.74. The Morgan fingerprint density at radius 3 is 1.56 bits per heavy atom. The molecule has 266 valence electrons. The first-order valence-corrected chi connectivity index (χ1v) is 19.2. The lowest BCUT2D eigenvalue weighted by Gasteiger charge is -2.14. The molecular weight excluding hydrogens is 695 g/mol. The summed E-state index contributed by atoms with van der Waals surface area (Å²) in [6.45, 7) is 0.